The van der Waals surface area contributed by atoms with Crippen LogP contribution in [0.1, 0.15) is 72.6 Å². The van der Waals surface area contributed by atoms with Crippen LogP contribution >= 0.6 is 0 Å². The third kappa shape index (κ3) is 6.05. The van der Waals surface area contributed by atoms with Crippen LogP contribution in [0, 0.1) is 18.8 Å². The molecule has 2 atom stereocenters. The maximum Gasteiger partial charge on any atom is 0.328 e. The third-order valence-corrected chi connectivity index (χ3v) is 9.52. The lowest BCUT2D eigenvalue weighted by atomic mass is 9.72. The number of rotatable bonds is 8. The Morgan fingerprint density at radius 1 is 1.05 bits per heavy atom. The number of fused-ring (bicyclic) bond motifs is 1. The molecule has 0 amide bonds. The molecule has 2 fully saturated rings. The third-order valence-electron chi connectivity index (χ3n) is 8.60. The van der Waals surface area contributed by atoms with Gasteiger partial charge in [0, 0.05) is 12.7 Å². The lowest BCUT2D eigenvalue weighted by Crippen LogP contribution is -2.19. The van der Waals surface area contributed by atoms with Crippen molar-refractivity contribution in [1.29, 1.82) is 0 Å². The Kier molecular flexibility index (Phi) is 8.52. The van der Waals surface area contributed by atoms with Crippen LogP contribution in [0.25, 0.3) is 28.1 Å². The fraction of sp³-hybridized carbons (Fsp3) is 0.314. The zero-order valence-electron chi connectivity index (χ0n) is 24.4. The molecule has 6 rings (SSSR count). The number of carboxylic acid groups (broad SMARTS) is 1. The predicted octanol–water partition coefficient (Wildman–Crippen LogP) is 7.78. The lowest BCUT2D eigenvalue weighted by Gasteiger charge is -2.32. The Morgan fingerprint density at radius 3 is 2.44 bits per heavy atom. The molecule has 1 aliphatic carbocycles. The molecular formula is C35H35FN2O4S. The molecule has 222 valence electrons. The van der Waals surface area contributed by atoms with Gasteiger partial charge in [0.15, 0.2) is 11.1 Å². The number of ether oxygens (including phenoxy) is 1. The van der Waals surface area contributed by atoms with Crippen molar-refractivity contribution in [3.8, 4) is 0 Å². The number of nitrogens with zero attached hydrogens (tertiary/aromatic N) is 2. The van der Waals surface area contributed by atoms with Gasteiger partial charge in [0.25, 0.3) is 0 Å². The summed E-state index contributed by atoms with van der Waals surface area (Å²) in [5.41, 5.74) is 7.66. The lowest BCUT2D eigenvalue weighted by molar-refractivity contribution is -0.131. The fourth-order valence-corrected chi connectivity index (χ4v) is 6.78. The van der Waals surface area contributed by atoms with E-state index < -0.39 is 23.1 Å². The van der Waals surface area contributed by atoms with Gasteiger partial charge in [-0.3, -0.25) is 0 Å². The van der Waals surface area contributed by atoms with Gasteiger partial charge in [0.05, 0.1) is 10.9 Å². The molecule has 3 aromatic carbocycles. The molecule has 0 spiro atoms. The SMILES string of the molecule is Cc1cc([S+](C)[O-])ccc1/C(=C(\c1ccc(/C=C/C(=O)O)cc1)c1ccc2c(c1)c(F)nn2C1CCCCO1)C1CCC1. The molecule has 8 heteroatoms. The van der Waals surface area contributed by atoms with Gasteiger partial charge in [-0.05, 0) is 131 Å². The van der Waals surface area contributed by atoms with Crippen LogP contribution in [0.2, 0.25) is 0 Å². The molecule has 2 aliphatic rings. The number of aromatic nitrogens is 2. The summed E-state index contributed by atoms with van der Waals surface area (Å²) < 4.78 is 35.3. The zero-order valence-corrected chi connectivity index (χ0v) is 25.2. The van der Waals surface area contributed by atoms with Crippen LogP contribution < -0.4 is 0 Å². The summed E-state index contributed by atoms with van der Waals surface area (Å²) in [7, 11) is 0. The van der Waals surface area contributed by atoms with Crippen molar-refractivity contribution in [2.45, 2.75) is 56.6 Å². The van der Waals surface area contributed by atoms with Crippen molar-refractivity contribution in [1.82, 2.24) is 9.78 Å². The molecular weight excluding hydrogens is 563 g/mol. The predicted molar refractivity (Wildman–Crippen MR) is 168 cm³/mol. The molecule has 1 aliphatic heterocycles. The summed E-state index contributed by atoms with van der Waals surface area (Å²) in [4.78, 5) is 11.9. The van der Waals surface area contributed by atoms with E-state index in [1.165, 1.54) is 5.57 Å². The number of allylic oxidation sites excluding steroid dienone is 1. The minimum atomic E-state index is -1.09. The average molecular weight is 599 g/mol. The molecule has 6 nitrogen and oxygen atoms in total. The van der Waals surface area contributed by atoms with Gasteiger partial charge in [0.2, 0.25) is 5.95 Å². The smallest absolute Gasteiger partial charge is 0.328 e. The van der Waals surface area contributed by atoms with Crippen molar-refractivity contribution in [2.24, 2.45) is 5.92 Å². The van der Waals surface area contributed by atoms with Crippen LogP contribution in [0.3, 0.4) is 0 Å². The van der Waals surface area contributed by atoms with Gasteiger partial charge in [-0.15, -0.1) is 5.10 Å². The zero-order chi connectivity index (χ0) is 30.1. The number of carbonyl (C=O) groups is 1. The monoisotopic (exact) mass is 598 g/mol. The molecule has 1 saturated carbocycles. The van der Waals surface area contributed by atoms with Crippen molar-refractivity contribution in [3.05, 3.63) is 101 Å². The molecule has 2 heterocycles. The molecule has 1 N–H and O–H groups in total. The number of carboxylic acids is 1. The van der Waals surface area contributed by atoms with Crippen LogP contribution in [0.4, 0.5) is 4.39 Å². The number of benzene rings is 3. The van der Waals surface area contributed by atoms with E-state index in [2.05, 4.69) is 18.1 Å². The highest BCUT2D eigenvalue weighted by molar-refractivity contribution is 7.90. The summed E-state index contributed by atoms with van der Waals surface area (Å²) in [6, 6.07) is 19.7. The van der Waals surface area contributed by atoms with E-state index in [0.29, 0.717) is 23.4 Å². The van der Waals surface area contributed by atoms with E-state index in [-0.39, 0.29) is 6.23 Å². The summed E-state index contributed by atoms with van der Waals surface area (Å²) in [6.07, 6.45) is 10.2. The van der Waals surface area contributed by atoms with E-state index in [0.717, 1.165) is 82.9 Å². The molecule has 43 heavy (non-hydrogen) atoms. The molecule has 2 unspecified atom stereocenters. The van der Waals surface area contributed by atoms with Gasteiger partial charge in [-0.25, -0.2) is 9.48 Å². The summed E-state index contributed by atoms with van der Waals surface area (Å²) in [6.45, 7) is 2.70. The average Bonchev–Trinajstić information content (AvgIpc) is 3.31. The first-order valence-electron chi connectivity index (χ1n) is 14.8. The van der Waals surface area contributed by atoms with E-state index in [1.54, 1.807) is 17.0 Å². The minimum absolute atomic E-state index is 0.274. The van der Waals surface area contributed by atoms with Gasteiger partial charge in [-0.1, -0.05) is 36.8 Å². The first-order valence-corrected chi connectivity index (χ1v) is 16.4. The first kappa shape index (κ1) is 29.4. The summed E-state index contributed by atoms with van der Waals surface area (Å²) >= 11 is -1.09. The van der Waals surface area contributed by atoms with Crippen molar-refractivity contribution >= 4 is 45.3 Å². The van der Waals surface area contributed by atoms with Crippen LogP contribution in [-0.4, -0.2) is 38.3 Å². The van der Waals surface area contributed by atoms with Gasteiger partial charge < -0.3 is 14.4 Å². The maximum absolute atomic E-state index is 15.5. The standard InChI is InChI=1S/C35H35FN2O4S/c1-22-20-27(43(2)41)15-16-28(22)34(24-6-5-7-24)33(25-12-9-23(10-13-25)11-18-32(39)40)26-14-17-30-29(21-26)35(36)37-38(30)31-8-3-4-19-42-31/h9-18,20-21,24,31H,3-8,19H2,1-2H3,(H,39,40)/b18-11+,34-33+. The Morgan fingerprint density at radius 2 is 1.81 bits per heavy atom. The van der Waals surface area contributed by atoms with Crippen LogP contribution in [0.5, 0.6) is 0 Å². The van der Waals surface area contributed by atoms with Crippen LogP contribution in [-0.2, 0) is 20.7 Å². The highest BCUT2D eigenvalue weighted by Crippen LogP contribution is 2.46. The first-order chi connectivity index (χ1) is 20.8. The van der Waals surface area contributed by atoms with Gasteiger partial charge in [0.1, 0.15) is 6.26 Å². The van der Waals surface area contributed by atoms with Gasteiger partial charge >= 0.3 is 5.97 Å². The number of halogens is 1. The van der Waals surface area contributed by atoms with E-state index in [9.17, 15) is 9.35 Å². The highest BCUT2D eigenvalue weighted by Gasteiger charge is 2.29. The second-order valence-electron chi connectivity index (χ2n) is 11.4. The molecule has 0 radical (unpaired) electrons. The van der Waals surface area contributed by atoms with E-state index in [1.807, 2.05) is 54.6 Å². The fourth-order valence-electron chi connectivity index (χ4n) is 6.17. The number of hydrogen-bond donors (Lipinski definition) is 1. The normalized spacial score (nSPS) is 18.9. The Balaban J connectivity index is 1.55. The molecule has 1 aromatic heterocycles. The Bertz CT molecular complexity index is 1710. The van der Waals surface area contributed by atoms with Gasteiger partial charge in [-0.2, -0.15) is 4.39 Å². The summed E-state index contributed by atoms with van der Waals surface area (Å²) in [5.74, 6) is -1.20. The topological polar surface area (TPSA) is 87.4 Å². The Labute approximate surface area is 254 Å². The van der Waals surface area contributed by atoms with Crippen LogP contribution in [0.15, 0.2) is 71.6 Å². The molecule has 0 bridgehead atoms. The Hall–Kier alpha value is -3.72. The van der Waals surface area contributed by atoms with Crippen molar-refractivity contribution in [2.75, 3.05) is 12.9 Å². The quantitative estimate of drug-likeness (QED) is 0.127. The number of hydrogen-bond acceptors (Lipinski definition) is 4. The highest BCUT2D eigenvalue weighted by atomic mass is 32.2. The number of aliphatic carboxylic acids is 1. The number of aryl methyl sites for hydroxylation is 1. The second-order valence-corrected chi connectivity index (χ2v) is 12.8. The van der Waals surface area contributed by atoms with E-state index >= 15 is 4.39 Å². The maximum atomic E-state index is 15.5. The van der Waals surface area contributed by atoms with Crippen molar-refractivity contribution < 1.29 is 23.6 Å². The minimum Gasteiger partial charge on any atom is -0.612 e. The van der Waals surface area contributed by atoms with E-state index in [4.69, 9.17) is 9.84 Å². The second kappa shape index (κ2) is 12.5. The summed E-state index contributed by atoms with van der Waals surface area (Å²) in [5, 5.41) is 13.8. The molecule has 4 aromatic rings. The molecule has 1 saturated heterocycles. The van der Waals surface area contributed by atoms with Crippen molar-refractivity contribution in [3.63, 3.8) is 0 Å². The largest absolute Gasteiger partial charge is 0.612 e.